The molecule has 1 saturated heterocycles. The van der Waals surface area contributed by atoms with Crippen molar-refractivity contribution >= 4 is 0 Å². The maximum atomic E-state index is 9.61. The number of aliphatic hydroxyl groups is 1. The molecule has 3 atom stereocenters. The van der Waals surface area contributed by atoms with Crippen molar-refractivity contribution < 1.29 is 9.84 Å². The van der Waals surface area contributed by atoms with Gasteiger partial charge in [0, 0.05) is 6.61 Å². The second kappa shape index (κ2) is 4.04. The maximum absolute atomic E-state index is 9.61. The Bertz CT molecular complexity index is 113. The van der Waals surface area contributed by atoms with E-state index in [9.17, 15) is 5.11 Å². The van der Waals surface area contributed by atoms with Gasteiger partial charge in [-0.15, -0.1) is 0 Å². The first-order valence-corrected chi connectivity index (χ1v) is 4.25. The van der Waals surface area contributed by atoms with Gasteiger partial charge in [-0.25, -0.2) is 0 Å². The molecule has 1 aliphatic rings. The zero-order valence-electron chi connectivity index (χ0n) is 6.99. The van der Waals surface area contributed by atoms with E-state index >= 15 is 0 Å². The first kappa shape index (κ1) is 8.97. The molecule has 3 unspecified atom stereocenters. The van der Waals surface area contributed by atoms with Crippen molar-refractivity contribution in [2.45, 2.75) is 32.0 Å². The van der Waals surface area contributed by atoms with E-state index in [1.165, 1.54) is 0 Å². The third-order valence-electron chi connectivity index (χ3n) is 2.30. The lowest BCUT2D eigenvalue weighted by molar-refractivity contribution is -0.0261. The SMILES string of the molecule is CC(CN)C(O)C1CCCO1. The zero-order valence-corrected chi connectivity index (χ0v) is 6.99. The average Bonchev–Trinajstić information content (AvgIpc) is 2.53. The van der Waals surface area contributed by atoms with E-state index in [-0.39, 0.29) is 18.1 Å². The fraction of sp³-hybridized carbons (Fsp3) is 1.00. The first-order valence-electron chi connectivity index (χ1n) is 4.25. The molecule has 1 rings (SSSR count). The molecule has 3 heteroatoms. The Balaban J connectivity index is 2.32. The van der Waals surface area contributed by atoms with Crippen LogP contribution in [0.5, 0.6) is 0 Å². The highest BCUT2D eigenvalue weighted by Crippen LogP contribution is 2.19. The van der Waals surface area contributed by atoms with Crippen LogP contribution in [0, 0.1) is 5.92 Å². The number of nitrogens with two attached hydrogens (primary N) is 1. The smallest absolute Gasteiger partial charge is 0.0839 e. The molecule has 0 bridgehead atoms. The van der Waals surface area contributed by atoms with Gasteiger partial charge in [-0.1, -0.05) is 6.92 Å². The van der Waals surface area contributed by atoms with E-state index in [4.69, 9.17) is 10.5 Å². The highest BCUT2D eigenvalue weighted by molar-refractivity contribution is 4.77. The van der Waals surface area contributed by atoms with Crippen molar-refractivity contribution in [2.75, 3.05) is 13.2 Å². The lowest BCUT2D eigenvalue weighted by atomic mass is 9.98. The largest absolute Gasteiger partial charge is 0.390 e. The Morgan fingerprint density at radius 1 is 1.73 bits per heavy atom. The maximum Gasteiger partial charge on any atom is 0.0839 e. The van der Waals surface area contributed by atoms with E-state index in [2.05, 4.69) is 0 Å². The molecule has 0 spiro atoms. The zero-order chi connectivity index (χ0) is 8.27. The molecular formula is C8H17NO2. The molecular weight excluding hydrogens is 142 g/mol. The van der Waals surface area contributed by atoms with Crippen LogP contribution in [0.2, 0.25) is 0 Å². The summed E-state index contributed by atoms with van der Waals surface area (Å²) in [4.78, 5) is 0. The van der Waals surface area contributed by atoms with E-state index in [1.807, 2.05) is 6.92 Å². The second-order valence-corrected chi connectivity index (χ2v) is 3.26. The van der Waals surface area contributed by atoms with Crippen molar-refractivity contribution in [2.24, 2.45) is 11.7 Å². The predicted octanol–water partition coefficient (Wildman–Crippen LogP) is 0.121. The van der Waals surface area contributed by atoms with Gasteiger partial charge in [-0.3, -0.25) is 0 Å². The standard InChI is InChI=1S/C8H17NO2/c1-6(5-9)8(10)7-3-2-4-11-7/h6-8,10H,2-5,9H2,1H3. The van der Waals surface area contributed by atoms with E-state index in [1.54, 1.807) is 0 Å². The Hall–Kier alpha value is -0.120. The predicted molar refractivity (Wildman–Crippen MR) is 43.2 cm³/mol. The van der Waals surface area contributed by atoms with Gasteiger partial charge in [0.1, 0.15) is 0 Å². The quantitative estimate of drug-likeness (QED) is 0.615. The second-order valence-electron chi connectivity index (χ2n) is 3.26. The number of rotatable bonds is 3. The summed E-state index contributed by atoms with van der Waals surface area (Å²) in [5.74, 6) is 0.151. The third kappa shape index (κ3) is 2.15. The summed E-state index contributed by atoms with van der Waals surface area (Å²) < 4.78 is 5.33. The number of ether oxygens (including phenoxy) is 1. The van der Waals surface area contributed by atoms with Crippen LogP contribution in [0.4, 0.5) is 0 Å². The van der Waals surface area contributed by atoms with E-state index < -0.39 is 0 Å². The molecule has 11 heavy (non-hydrogen) atoms. The van der Waals surface area contributed by atoms with Gasteiger partial charge in [-0.2, -0.15) is 0 Å². The molecule has 0 amide bonds. The van der Waals surface area contributed by atoms with Gasteiger partial charge in [0.25, 0.3) is 0 Å². The summed E-state index contributed by atoms with van der Waals surface area (Å²) in [5.41, 5.74) is 5.43. The average molecular weight is 159 g/mol. The minimum Gasteiger partial charge on any atom is -0.390 e. The van der Waals surface area contributed by atoms with Gasteiger partial charge in [0.15, 0.2) is 0 Å². The van der Waals surface area contributed by atoms with Crippen molar-refractivity contribution in [1.82, 2.24) is 0 Å². The Morgan fingerprint density at radius 3 is 2.91 bits per heavy atom. The molecule has 1 aliphatic heterocycles. The molecule has 0 radical (unpaired) electrons. The van der Waals surface area contributed by atoms with Crippen LogP contribution < -0.4 is 5.73 Å². The Kier molecular flexibility index (Phi) is 3.30. The van der Waals surface area contributed by atoms with Crippen molar-refractivity contribution in [1.29, 1.82) is 0 Å². The van der Waals surface area contributed by atoms with Crippen LogP contribution in [0.25, 0.3) is 0 Å². The molecule has 0 aliphatic carbocycles. The summed E-state index contributed by atoms with van der Waals surface area (Å²) in [5, 5.41) is 9.61. The molecule has 1 heterocycles. The van der Waals surface area contributed by atoms with Crippen LogP contribution in [0.15, 0.2) is 0 Å². The lowest BCUT2D eigenvalue weighted by Crippen LogP contribution is -2.35. The van der Waals surface area contributed by atoms with Crippen molar-refractivity contribution in [3.8, 4) is 0 Å². The topological polar surface area (TPSA) is 55.5 Å². The monoisotopic (exact) mass is 159 g/mol. The van der Waals surface area contributed by atoms with Crippen molar-refractivity contribution in [3.05, 3.63) is 0 Å². The summed E-state index contributed by atoms with van der Waals surface area (Å²) >= 11 is 0. The fourth-order valence-corrected chi connectivity index (χ4v) is 1.38. The molecule has 0 aromatic carbocycles. The van der Waals surface area contributed by atoms with Gasteiger partial charge < -0.3 is 15.6 Å². The molecule has 66 valence electrons. The number of aliphatic hydroxyl groups excluding tert-OH is 1. The highest BCUT2D eigenvalue weighted by Gasteiger charge is 2.27. The van der Waals surface area contributed by atoms with Gasteiger partial charge in [-0.05, 0) is 25.3 Å². The van der Waals surface area contributed by atoms with Crippen molar-refractivity contribution in [3.63, 3.8) is 0 Å². The third-order valence-corrected chi connectivity index (χ3v) is 2.30. The minimum absolute atomic E-state index is 0.0357. The molecule has 3 nitrogen and oxygen atoms in total. The normalized spacial score (nSPS) is 30.3. The van der Waals surface area contributed by atoms with E-state index in [0.717, 1.165) is 19.4 Å². The summed E-state index contributed by atoms with van der Waals surface area (Å²) in [7, 11) is 0. The highest BCUT2D eigenvalue weighted by atomic mass is 16.5. The van der Waals surface area contributed by atoms with Crippen LogP contribution in [0.1, 0.15) is 19.8 Å². The number of hydrogen-bond donors (Lipinski definition) is 2. The summed E-state index contributed by atoms with van der Waals surface area (Å²) in [6, 6.07) is 0. The minimum atomic E-state index is -0.373. The van der Waals surface area contributed by atoms with Gasteiger partial charge in [0.05, 0.1) is 12.2 Å². The Morgan fingerprint density at radius 2 is 2.45 bits per heavy atom. The van der Waals surface area contributed by atoms with Crippen LogP contribution in [-0.2, 0) is 4.74 Å². The Labute approximate surface area is 67.5 Å². The van der Waals surface area contributed by atoms with Crippen LogP contribution in [0.3, 0.4) is 0 Å². The summed E-state index contributed by atoms with van der Waals surface area (Å²) in [6.45, 7) is 3.27. The fourth-order valence-electron chi connectivity index (χ4n) is 1.38. The molecule has 0 aromatic heterocycles. The van der Waals surface area contributed by atoms with Crippen LogP contribution >= 0.6 is 0 Å². The summed E-state index contributed by atoms with van der Waals surface area (Å²) in [6.07, 6.45) is 1.71. The first-order chi connectivity index (χ1) is 5.25. The van der Waals surface area contributed by atoms with Crippen LogP contribution in [-0.4, -0.2) is 30.5 Å². The molecule has 1 fully saturated rings. The molecule has 3 N–H and O–H groups in total. The molecule has 0 aromatic rings. The van der Waals surface area contributed by atoms with Gasteiger partial charge in [0.2, 0.25) is 0 Å². The van der Waals surface area contributed by atoms with E-state index in [0.29, 0.717) is 6.54 Å². The van der Waals surface area contributed by atoms with Gasteiger partial charge >= 0.3 is 0 Å². The molecule has 0 saturated carbocycles. The lowest BCUT2D eigenvalue weighted by Gasteiger charge is -2.22. The number of hydrogen-bond acceptors (Lipinski definition) is 3.